The van der Waals surface area contributed by atoms with Crippen LogP contribution in [0.15, 0.2) is 47.5 Å². The van der Waals surface area contributed by atoms with Gasteiger partial charge in [-0.15, -0.1) is 0 Å². The number of sulfonamides is 1. The number of carbonyl (C=O) groups is 1. The topological polar surface area (TPSA) is 91.4 Å². The van der Waals surface area contributed by atoms with Crippen LogP contribution < -0.4 is 14.9 Å². The fourth-order valence-electron chi connectivity index (χ4n) is 3.13. The van der Waals surface area contributed by atoms with Crippen LogP contribution in [0.3, 0.4) is 0 Å². The van der Waals surface area contributed by atoms with E-state index in [9.17, 15) is 13.2 Å². The Balaban J connectivity index is 1.62. The van der Waals surface area contributed by atoms with Gasteiger partial charge in [-0.3, -0.25) is 4.79 Å². The molecule has 0 atom stereocenters. The Hall–Kier alpha value is -2.45. The van der Waals surface area contributed by atoms with Crippen LogP contribution in [-0.4, -0.2) is 38.9 Å². The summed E-state index contributed by atoms with van der Waals surface area (Å²) in [7, 11) is -3.57. The molecular weight excluding hydrogens is 388 g/mol. The highest BCUT2D eigenvalue weighted by Crippen LogP contribution is 2.20. The Labute approximate surface area is 172 Å². The van der Waals surface area contributed by atoms with Crippen LogP contribution in [-0.2, 0) is 10.0 Å². The Kier molecular flexibility index (Phi) is 6.87. The standard InChI is InChI=1S/C21H28N4O3S/c1-16(2)14-23-29(27,28)19-9-6-17(7-10-19)21(26)24-20-11-8-18(15-22-20)25-12-4-3-5-13-25/h6-11,15-16,23H,3-5,12-14H2,1-2H3,(H,22,24,26). The minimum atomic E-state index is -3.57. The van der Waals surface area contributed by atoms with E-state index >= 15 is 0 Å². The molecule has 1 aromatic carbocycles. The van der Waals surface area contributed by atoms with Gasteiger partial charge in [-0.1, -0.05) is 13.8 Å². The van der Waals surface area contributed by atoms with Crippen molar-refractivity contribution in [1.82, 2.24) is 9.71 Å². The van der Waals surface area contributed by atoms with E-state index in [1.54, 1.807) is 12.3 Å². The van der Waals surface area contributed by atoms with Gasteiger partial charge in [-0.25, -0.2) is 18.1 Å². The van der Waals surface area contributed by atoms with E-state index in [1.165, 1.54) is 43.5 Å². The molecule has 1 fully saturated rings. The summed E-state index contributed by atoms with van der Waals surface area (Å²) in [6.45, 7) is 6.30. The minimum Gasteiger partial charge on any atom is -0.370 e. The molecule has 2 N–H and O–H groups in total. The molecule has 2 heterocycles. The zero-order chi connectivity index (χ0) is 20.9. The van der Waals surface area contributed by atoms with E-state index in [4.69, 9.17) is 0 Å². The summed E-state index contributed by atoms with van der Waals surface area (Å²) >= 11 is 0. The van der Waals surface area contributed by atoms with Crippen molar-refractivity contribution < 1.29 is 13.2 Å². The van der Waals surface area contributed by atoms with Crippen molar-refractivity contribution in [2.75, 3.05) is 29.9 Å². The van der Waals surface area contributed by atoms with Crippen LogP contribution in [0.25, 0.3) is 0 Å². The molecule has 1 saturated heterocycles. The first kappa shape index (κ1) is 21.3. The molecule has 0 bridgehead atoms. The monoisotopic (exact) mass is 416 g/mol. The molecule has 1 aliphatic heterocycles. The molecule has 29 heavy (non-hydrogen) atoms. The zero-order valence-electron chi connectivity index (χ0n) is 16.9. The average Bonchev–Trinajstić information content (AvgIpc) is 2.73. The Bertz CT molecular complexity index is 919. The molecule has 0 aliphatic carbocycles. The van der Waals surface area contributed by atoms with Crippen LogP contribution in [0.4, 0.5) is 11.5 Å². The number of benzene rings is 1. The molecule has 1 amide bonds. The van der Waals surface area contributed by atoms with Crippen LogP contribution in [0, 0.1) is 5.92 Å². The lowest BCUT2D eigenvalue weighted by molar-refractivity contribution is 0.102. The number of hydrogen-bond acceptors (Lipinski definition) is 5. The van der Waals surface area contributed by atoms with Gasteiger partial charge in [0.2, 0.25) is 10.0 Å². The summed E-state index contributed by atoms with van der Waals surface area (Å²) in [5.74, 6) is 0.344. The van der Waals surface area contributed by atoms with E-state index in [0.29, 0.717) is 17.9 Å². The van der Waals surface area contributed by atoms with Crippen molar-refractivity contribution in [2.45, 2.75) is 38.0 Å². The predicted molar refractivity (Wildman–Crippen MR) is 115 cm³/mol. The predicted octanol–water partition coefficient (Wildman–Crippen LogP) is 3.26. The molecule has 2 aromatic rings. The lowest BCUT2D eigenvalue weighted by Gasteiger charge is -2.28. The third kappa shape index (κ3) is 5.77. The van der Waals surface area contributed by atoms with Gasteiger partial charge in [-0.2, -0.15) is 0 Å². The van der Waals surface area contributed by atoms with Crippen molar-refractivity contribution in [3.05, 3.63) is 48.2 Å². The Morgan fingerprint density at radius 2 is 1.76 bits per heavy atom. The number of anilines is 2. The SMILES string of the molecule is CC(C)CNS(=O)(=O)c1ccc(C(=O)Nc2ccc(N3CCCCC3)cn2)cc1. The first-order chi connectivity index (χ1) is 13.8. The maximum Gasteiger partial charge on any atom is 0.256 e. The number of rotatable bonds is 7. The second-order valence-corrected chi connectivity index (χ2v) is 9.44. The van der Waals surface area contributed by atoms with Crippen molar-refractivity contribution in [2.24, 2.45) is 5.92 Å². The van der Waals surface area contributed by atoms with Crippen LogP contribution in [0.5, 0.6) is 0 Å². The lowest BCUT2D eigenvalue weighted by atomic mass is 10.1. The van der Waals surface area contributed by atoms with Gasteiger partial charge >= 0.3 is 0 Å². The van der Waals surface area contributed by atoms with Crippen molar-refractivity contribution in [3.63, 3.8) is 0 Å². The van der Waals surface area contributed by atoms with Crippen molar-refractivity contribution in [3.8, 4) is 0 Å². The molecule has 0 saturated carbocycles. The number of aromatic nitrogens is 1. The maximum atomic E-state index is 12.5. The third-order valence-electron chi connectivity index (χ3n) is 4.82. The van der Waals surface area contributed by atoms with Gasteiger partial charge in [0.15, 0.2) is 0 Å². The first-order valence-corrected chi connectivity index (χ1v) is 11.5. The van der Waals surface area contributed by atoms with Gasteiger partial charge in [0.25, 0.3) is 5.91 Å². The van der Waals surface area contributed by atoms with Crippen LogP contribution in [0.2, 0.25) is 0 Å². The zero-order valence-corrected chi connectivity index (χ0v) is 17.7. The summed E-state index contributed by atoms with van der Waals surface area (Å²) in [5, 5.41) is 2.75. The van der Waals surface area contributed by atoms with Gasteiger partial charge in [0.1, 0.15) is 5.82 Å². The van der Waals surface area contributed by atoms with E-state index in [1.807, 2.05) is 19.9 Å². The number of carbonyl (C=O) groups excluding carboxylic acids is 1. The quantitative estimate of drug-likeness (QED) is 0.723. The molecule has 1 aliphatic rings. The molecular formula is C21H28N4O3S. The molecule has 3 rings (SSSR count). The van der Waals surface area contributed by atoms with E-state index < -0.39 is 10.0 Å². The summed E-state index contributed by atoms with van der Waals surface area (Å²) in [6, 6.07) is 9.62. The van der Waals surface area contributed by atoms with Crippen LogP contribution >= 0.6 is 0 Å². The van der Waals surface area contributed by atoms with E-state index in [-0.39, 0.29) is 16.7 Å². The number of nitrogens with zero attached hydrogens (tertiary/aromatic N) is 2. The average molecular weight is 417 g/mol. The number of piperidine rings is 1. The third-order valence-corrected chi connectivity index (χ3v) is 6.26. The Morgan fingerprint density at radius 1 is 1.07 bits per heavy atom. The lowest BCUT2D eigenvalue weighted by Crippen LogP contribution is -2.29. The summed E-state index contributed by atoms with van der Waals surface area (Å²) in [5.41, 5.74) is 1.43. The Morgan fingerprint density at radius 3 is 2.34 bits per heavy atom. The number of nitrogens with one attached hydrogen (secondary N) is 2. The minimum absolute atomic E-state index is 0.138. The highest BCUT2D eigenvalue weighted by atomic mass is 32.2. The smallest absolute Gasteiger partial charge is 0.256 e. The van der Waals surface area contributed by atoms with Crippen molar-refractivity contribution >= 4 is 27.4 Å². The van der Waals surface area contributed by atoms with Gasteiger partial charge in [0, 0.05) is 25.2 Å². The molecule has 0 unspecified atom stereocenters. The maximum absolute atomic E-state index is 12.5. The molecule has 0 radical (unpaired) electrons. The number of hydrogen-bond donors (Lipinski definition) is 2. The van der Waals surface area contributed by atoms with E-state index in [2.05, 4.69) is 19.9 Å². The molecule has 0 spiro atoms. The summed E-state index contributed by atoms with van der Waals surface area (Å²) in [4.78, 5) is 19.2. The van der Waals surface area contributed by atoms with Gasteiger partial charge in [0.05, 0.1) is 16.8 Å². The molecule has 8 heteroatoms. The second kappa shape index (κ2) is 9.37. The summed E-state index contributed by atoms with van der Waals surface area (Å²) < 4.78 is 27.0. The second-order valence-electron chi connectivity index (χ2n) is 7.67. The van der Waals surface area contributed by atoms with E-state index in [0.717, 1.165) is 18.8 Å². The summed E-state index contributed by atoms with van der Waals surface area (Å²) in [6.07, 6.45) is 5.43. The normalized spacial score (nSPS) is 14.8. The highest BCUT2D eigenvalue weighted by molar-refractivity contribution is 7.89. The largest absolute Gasteiger partial charge is 0.370 e. The van der Waals surface area contributed by atoms with Gasteiger partial charge < -0.3 is 10.2 Å². The molecule has 7 nitrogen and oxygen atoms in total. The highest BCUT2D eigenvalue weighted by Gasteiger charge is 2.16. The van der Waals surface area contributed by atoms with Gasteiger partial charge in [-0.05, 0) is 61.6 Å². The van der Waals surface area contributed by atoms with Crippen molar-refractivity contribution in [1.29, 1.82) is 0 Å². The fourth-order valence-corrected chi connectivity index (χ4v) is 4.35. The molecule has 156 valence electrons. The van der Waals surface area contributed by atoms with Crippen LogP contribution in [0.1, 0.15) is 43.5 Å². The first-order valence-electron chi connectivity index (χ1n) is 9.97. The molecule has 1 aromatic heterocycles. The number of amides is 1. The number of pyridine rings is 1. The fraction of sp³-hybridized carbons (Fsp3) is 0.429.